The molecule has 0 fully saturated rings. The minimum atomic E-state index is -1.47. The molecule has 1 rings (SSSR count). The van der Waals surface area contributed by atoms with Gasteiger partial charge >= 0.3 is 0 Å². The quantitative estimate of drug-likeness (QED) is 0.524. The summed E-state index contributed by atoms with van der Waals surface area (Å²) in [7, 11) is 2.84. The van der Waals surface area contributed by atoms with Crippen molar-refractivity contribution in [3.05, 3.63) is 34.8 Å². The number of hydrogen-bond acceptors (Lipinski definition) is 3. The Bertz CT molecular complexity index is 597. The normalized spacial score (nSPS) is 17.0. The molecule has 0 spiro atoms. The smallest absolute Gasteiger partial charge is 0.0220 e. The van der Waals surface area contributed by atoms with Crippen molar-refractivity contribution in [3.63, 3.8) is 0 Å². The van der Waals surface area contributed by atoms with E-state index < -0.39 is 9.39 Å². The first-order valence-corrected chi connectivity index (χ1v) is 12.4. The Morgan fingerprint density at radius 3 is 2.22 bits per heavy atom. The summed E-state index contributed by atoms with van der Waals surface area (Å²) in [6.45, 7) is 16.1. The van der Waals surface area contributed by atoms with Crippen LogP contribution in [0.4, 0.5) is 0 Å². The van der Waals surface area contributed by atoms with Gasteiger partial charge in [-0.2, -0.15) is 0 Å². The second-order valence-electron chi connectivity index (χ2n) is 7.35. The van der Waals surface area contributed by atoms with Crippen LogP contribution in [0.15, 0.2) is 34.8 Å². The van der Waals surface area contributed by atoms with Gasteiger partial charge in [0, 0.05) is 30.1 Å². The van der Waals surface area contributed by atoms with E-state index in [9.17, 15) is 0 Å². The molecule has 0 bridgehead atoms. The first kappa shape index (κ1) is 26.2. The maximum Gasteiger partial charge on any atom is 0.0220 e. The number of nitrogens with one attached hydrogen (secondary N) is 1. The van der Waals surface area contributed by atoms with Crippen LogP contribution in [0, 0.1) is 0 Å². The predicted octanol–water partition coefficient (Wildman–Crippen LogP) is 5.03. The van der Waals surface area contributed by atoms with Crippen molar-refractivity contribution in [1.82, 2.24) is 14.5 Å². The van der Waals surface area contributed by atoms with E-state index in [0.717, 1.165) is 26.1 Å². The molecule has 0 saturated heterocycles. The van der Waals surface area contributed by atoms with Crippen LogP contribution in [0.2, 0.25) is 0 Å². The van der Waals surface area contributed by atoms with Gasteiger partial charge in [0.15, 0.2) is 0 Å². The highest BCUT2D eigenvalue weighted by Gasteiger charge is 2.20. The number of nitrogens with zero attached hydrogens (tertiary/aromatic N) is 2. The summed E-state index contributed by atoms with van der Waals surface area (Å²) in [5.74, 6) is 8.86. The van der Waals surface area contributed by atoms with Gasteiger partial charge in [-0.15, -0.1) is 9.39 Å². The number of hydrogen-bond donors (Lipinski definition) is 1. The van der Waals surface area contributed by atoms with Crippen LogP contribution in [0.5, 0.6) is 0 Å². The van der Waals surface area contributed by atoms with E-state index >= 15 is 0 Å². The Kier molecular flexibility index (Phi) is 13.0. The highest BCUT2D eigenvalue weighted by Crippen LogP contribution is 2.32. The van der Waals surface area contributed by atoms with Crippen LogP contribution < -0.4 is 4.72 Å². The maximum absolute atomic E-state index is 4.43. The standard InChI is InChI=1S/C21H39N3S.C2H6/c1-9-16-24(20(4)19(3)23(5)6)17-15-22-25(7,8)21-14-12-10-11-13-18(21)2;1-2/h11-14,19-20,22H,7-10,15-17H2,1-6H3;1-2H3. The van der Waals surface area contributed by atoms with E-state index in [1.54, 1.807) is 0 Å². The number of allylic oxidation sites excluding steroid dienone is 5. The van der Waals surface area contributed by atoms with Crippen LogP contribution in [0.25, 0.3) is 0 Å². The first-order valence-electron chi connectivity index (χ1n) is 10.4. The molecule has 0 aromatic rings. The van der Waals surface area contributed by atoms with Crippen LogP contribution in [-0.4, -0.2) is 67.4 Å². The third-order valence-corrected chi connectivity index (χ3v) is 7.15. The van der Waals surface area contributed by atoms with Gasteiger partial charge in [0.25, 0.3) is 0 Å². The minimum Gasteiger partial charge on any atom is -0.305 e. The van der Waals surface area contributed by atoms with Crippen molar-refractivity contribution in [3.8, 4) is 0 Å². The molecule has 0 aliphatic heterocycles. The summed E-state index contributed by atoms with van der Waals surface area (Å²) < 4.78 is 3.66. The molecular formula is C23H45N3S. The maximum atomic E-state index is 4.43. The van der Waals surface area contributed by atoms with Crippen LogP contribution >= 0.6 is 9.39 Å². The highest BCUT2D eigenvalue weighted by atomic mass is 32.2. The topological polar surface area (TPSA) is 18.5 Å². The molecule has 2 unspecified atom stereocenters. The zero-order chi connectivity index (χ0) is 21.0. The molecule has 0 saturated carbocycles. The van der Waals surface area contributed by atoms with E-state index in [0.29, 0.717) is 12.1 Å². The molecule has 0 aromatic heterocycles. The number of rotatable bonds is 10. The first-order chi connectivity index (χ1) is 12.7. The lowest BCUT2D eigenvalue weighted by molar-refractivity contribution is 0.129. The summed E-state index contributed by atoms with van der Waals surface area (Å²) in [4.78, 5) is 6.14. The lowest BCUT2D eigenvalue weighted by atomic mass is 10.1. The highest BCUT2D eigenvalue weighted by molar-refractivity contribution is 8.29. The van der Waals surface area contributed by atoms with Crippen molar-refractivity contribution in [2.24, 2.45) is 0 Å². The van der Waals surface area contributed by atoms with Crippen molar-refractivity contribution >= 4 is 21.1 Å². The van der Waals surface area contributed by atoms with Crippen molar-refractivity contribution in [2.45, 2.75) is 66.5 Å². The van der Waals surface area contributed by atoms with Crippen molar-refractivity contribution in [1.29, 1.82) is 0 Å². The SMILES string of the molecule is C=S(=C)(NCCN(CCC)C(C)C(C)N(C)C)C1=C(C)C=CCC=C1.CC. The van der Waals surface area contributed by atoms with E-state index in [-0.39, 0.29) is 0 Å². The molecule has 0 aromatic carbocycles. The predicted molar refractivity (Wildman–Crippen MR) is 131 cm³/mol. The Labute approximate surface area is 170 Å². The van der Waals surface area contributed by atoms with E-state index in [4.69, 9.17) is 0 Å². The third kappa shape index (κ3) is 8.82. The summed E-state index contributed by atoms with van der Waals surface area (Å²) in [5, 5.41) is 0. The average Bonchev–Trinajstić information content (AvgIpc) is 2.86. The monoisotopic (exact) mass is 395 g/mol. The van der Waals surface area contributed by atoms with Crippen LogP contribution in [0.3, 0.4) is 0 Å². The summed E-state index contributed by atoms with van der Waals surface area (Å²) in [6.07, 6.45) is 11.0. The molecule has 1 N–H and O–H groups in total. The van der Waals surface area contributed by atoms with E-state index in [1.165, 1.54) is 16.9 Å². The van der Waals surface area contributed by atoms with Gasteiger partial charge in [0.2, 0.25) is 0 Å². The largest absolute Gasteiger partial charge is 0.305 e. The fourth-order valence-corrected chi connectivity index (χ4v) is 4.83. The van der Waals surface area contributed by atoms with Crippen LogP contribution in [0.1, 0.15) is 54.4 Å². The molecule has 3 nitrogen and oxygen atoms in total. The van der Waals surface area contributed by atoms with Crippen molar-refractivity contribution in [2.75, 3.05) is 33.7 Å². The Morgan fingerprint density at radius 2 is 1.67 bits per heavy atom. The van der Waals surface area contributed by atoms with Gasteiger partial charge in [-0.1, -0.05) is 56.8 Å². The molecule has 27 heavy (non-hydrogen) atoms. The summed E-state index contributed by atoms with van der Waals surface area (Å²) >= 11 is 0. The molecule has 1 aliphatic carbocycles. The molecule has 0 radical (unpaired) electrons. The van der Waals surface area contributed by atoms with Gasteiger partial charge in [0.05, 0.1) is 0 Å². The average molecular weight is 396 g/mol. The molecule has 0 heterocycles. The van der Waals surface area contributed by atoms with Crippen LogP contribution in [-0.2, 0) is 0 Å². The van der Waals surface area contributed by atoms with Gasteiger partial charge in [0.1, 0.15) is 0 Å². The van der Waals surface area contributed by atoms with E-state index in [2.05, 4.69) is 92.4 Å². The Hall–Kier alpha value is -0.810. The number of likely N-dealkylation sites (N-methyl/N-ethyl adjacent to an activating group) is 1. The minimum absolute atomic E-state index is 0.525. The Morgan fingerprint density at radius 1 is 1.07 bits per heavy atom. The molecule has 158 valence electrons. The van der Waals surface area contributed by atoms with Crippen molar-refractivity contribution < 1.29 is 0 Å². The zero-order valence-electron chi connectivity index (χ0n) is 19.2. The second-order valence-corrected chi connectivity index (χ2v) is 9.84. The van der Waals surface area contributed by atoms with Gasteiger partial charge in [-0.25, -0.2) is 0 Å². The Balaban J connectivity index is 0.00000326. The molecule has 4 heteroatoms. The second kappa shape index (κ2) is 13.4. The van der Waals surface area contributed by atoms with E-state index in [1.807, 2.05) is 13.8 Å². The fraction of sp³-hybridized carbons (Fsp3) is 0.652. The summed E-state index contributed by atoms with van der Waals surface area (Å²) in [6, 6.07) is 1.06. The molecular weight excluding hydrogens is 350 g/mol. The van der Waals surface area contributed by atoms with Gasteiger partial charge in [-0.3, -0.25) is 9.62 Å². The lowest BCUT2D eigenvalue weighted by Gasteiger charge is -2.36. The van der Waals surface area contributed by atoms with Gasteiger partial charge < -0.3 is 4.90 Å². The summed E-state index contributed by atoms with van der Waals surface area (Å²) in [5.41, 5.74) is 1.28. The zero-order valence-corrected chi connectivity index (χ0v) is 20.0. The fourth-order valence-electron chi connectivity index (χ4n) is 3.16. The van der Waals surface area contributed by atoms with Gasteiger partial charge in [-0.05, 0) is 59.8 Å². The molecule has 1 aliphatic rings. The molecule has 2 atom stereocenters. The lowest BCUT2D eigenvalue weighted by Crippen LogP contribution is -2.48. The third-order valence-electron chi connectivity index (χ3n) is 5.10. The molecule has 0 amide bonds.